The molecule has 0 bridgehead atoms. The van der Waals surface area contributed by atoms with Gasteiger partial charge in [-0.05, 0) is 35.4 Å². The number of para-hydroxylation sites is 1. The van der Waals surface area contributed by atoms with E-state index in [1.165, 1.54) is 0 Å². The number of Topliss-reactive ketones (excluding diaryl/α,β-unsaturated/α-hetero) is 1. The number of rotatable bonds is 2. The Labute approximate surface area is 167 Å². The third kappa shape index (κ3) is 2.49. The first-order valence-electron chi connectivity index (χ1n) is 9.20. The van der Waals surface area contributed by atoms with E-state index in [1.807, 2.05) is 72.8 Å². The fourth-order valence-electron chi connectivity index (χ4n) is 4.20. The molecule has 0 fully saturated rings. The molecular formula is C23H17ClN2O2. The highest BCUT2D eigenvalue weighted by atomic mass is 35.5. The van der Waals surface area contributed by atoms with Gasteiger partial charge in [0.2, 0.25) is 5.78 Å². The molecular weight excluding hydrogens is 372 g/mol. The number of ketones is 1. The molecule has 2 aliphatic heterocycles. The van der Waals surface area contributed by atoms with Crippen molar-refractivity contribution in [2.24, 2.45) is 10.2 Å². The number of fused-ring (bicyclic) bond motifs is 1. The van der Waals surface area contributed by atoms with Crippen LogP contribution in [-0.2, 0) is 0 Å². The number of benzene rings is 3. The van der Waals surface area contributed by atoms with Gasteiger partial charge in [-0.15, -0.1) is 0 Å². The number of ether oxygens (including phenoxy) is 1. The van der Waals surface area contributed by atoms with Crippen LogP contribution >= 0.6 is 11.6 Å². The van der Waals surface area contributed by atoms with Crippen LogP contribution in [-0.4, -0.2) is 17.9 Å². The summed E-state index contributed by atoms with van der Waals surface area (Å²) in [5.41, 5.74) is 1.30. The zero-order valence-electron chi connectivity index (χ0n) is 15.0. The Kier molecular flexibility index (Phi) is 4.02. The minimum Gasteiger partial charge on any atom is -0.482 e. The van der Waals surface area contributed by atoms with Gasteiger partial charge in [0.15, 0.2) is 11.6 Å². The predicted molar refractivity (Wildman–Crippen MR) is 107 cm³/mol. The summed E-state index contributed by atoms with van der Waals surface area (Å²) >= 11 is 6.08. The Bertz CT molecular complexity index is 1070. The molecule has 3 aromatic carbocycles. The van der Waals surface area contributed by atoms with Gasteiger partial charge in [-0.1, -0.05) is 66.2 Å². The maximum Gasteiger partial charge on any atom is 0.200 e. The minimum atomic E-state index is -1.14. The molecule has 138 valence electrons. The molecule has 0 amide bonds. The van der Waals surface area contributed by atoms with Gasteiger partial charge in [-0.3, -0.25) is 4.79 Å². The minimum absolute atomic E-state index is 0.0515. The van der Waals surface area contributed by atoms with Crippen molar-refractivity contribution in [3.63, 3.8) is 0 Å². The molecule has 5 rings (SSSR count). The van der Waals surface area contributed by atoms with Crippen LogP contribution in [0.4, 0.5) is 0 Å². The van der Waals surface area contributed by atoms with Gasteiger partial charge in [0.05, 0.1) is 12.1 Å². The lowest BCUT2D eigenvalue weighted by Crippen LogP contribution is -2.51. The van der Waals surface area contributed by atoms with Gasteiger partial charge < -0.3 is 4.74 Å². The van der Waals surface area contributed by atoms with Crippen molar-refractivity contribution in [1.29, 1.82) is 0 Å². The van der Waals surface area contributed by atoms with Crippen LogP contribution in [0.15, 0.2) is 89.1 Å². The zero-order valence-corrected chi connectivity index (χ0v) is 15.7. The lowest BCUT2D eigenvalue weighted by molar-refractivity contribution is 0.0521. The third-order valence-corrected chi connectivity index (χ3v) is 5.80. The molecule has 2 aliphatic rings. The Morgan fingerprint density at radius 1 is 0.893 bits per heavy atom. The molecule has 5 heteroatoms. The fourth-order valence-corrected chi connectivity index (χ4v) is 4.33. The summed E-state index contributed by atoms with van der Waals surface area (Å²) in [7, 11) is 0. The van der Waals surface area contributed by atoms with Crippen LogP contribution in [0.3, 0.4) is 0 Å². The van der Waals surface area contributed by atoms with E-state index < -0.39 is 11.6 Å². The number of carbonyl (C=O) groups excluding carboxylic acids is 1. The molecule has 28 heavy (non-hydrogen) atoms. The largest absolute Gasteiger partial charge is 0.482 e. The Morgan fingerprint density at radius 3 is 2.39 bits per heavy atom. The monoisotopic (exact) mass is 388 g/mol. The maximum absolute atomic E-state index is 13.8. The second kappa shape index (κ2) is 6.57. The number of hydrogen-bond acceptors (Lipinski definition) is 4. The average molecular weight is 389 g/mol. The summed E-state index contributed by atoms with van der Waals surface area (Å²) in [6, 6.07) is 24.7. The quantitative estimate of drug-likeness (QED) is 0.570. The molecule has 0 unspecified atom stereocenters. The summed E-state index contributed by atoms with van der Waals surface area (Å²) in [5, 5.41) is 9.55. The first-order chi connectivity index (χ1) is 13.7. The van der Waals surface area contributed by atoms with Gasteiger partial charge in [0, 0.05) is 10.9 Å². The lowest BCUT2D eigenvalue weighted by Gasteiger charge is -2.41. The first kappa shape index (κ1) is 17.1. The molecule has 3 atom stereocenters. The SMILES string of the molecule is O=C1c2ccccc2O[C@@H](c2ccccc2)[C@@]12N=NC[C@H]2c1ccc(Cl)cc1. The van der Waals surface area contributed by atoms with Gasteiger partial charge in [-0.25, -0.2) is 0 Å². The second-order valence-corrected chi connectivity index (χ2v) is 7.52. The molecule has 0 aromatic heterocycles. The van der Waals surface area contributed by atoms with Crippen LogP contribution in [0, 0.1) is 0 Å². The van der Waals surface area contributed by atoms with Gasteiger partial charge >= 0.3 is 0 Å². The van der Waals surface area contributed by atoms with Crippen molar-refractivity contribution < 1.29 is 9.53 Å². The number of nitrogens with zero attached hydrogens (tertiary/aromatic N) is 2. The summed E-state index contributed by atoms with van der Waals surface area (Å²) in [4.78, 5) is 13.8. The number of carbonyl (C=O) groups is 1. The molecule has 0 N–H and O–H groups in total. The van der Waals surface area contributed by atoms with Crippen LogP contribution in [0.1, 0.15) is 33.5 Å². The second-order valence-electron chi connectivity index (χ2n) is 7.09. The first-order valence-corrected chi connectivity index (χ1v) is 9.57. The Hall–Kier alpha value is -2.98. The Balaban J connectivity index is 1.72. The molecule has 4 nitrogen and oxygen atoms in total. The van der Waals surface area contributed by atoms with Crippen LogP contribution in [0.25, 0.3) is 0 Å². The van der Waals surface area contributed by atoms with Crippen LogP contribution in [0.2, 0.25) is 5.02 Å². The Morgan fingerprint density at radius 2 is 1.61 bits per heavy atom. The molecule has 0 aliphatic carbocycles. The van der Waals surface area contributed by atoms with Crippen molar-refractivity contribution in [3.8, 4) is 5.75 Å². The van der Waals surface area contributed by atoms with Gasteiger partial charge in [-0.2, -0.15) is 10.2 Å². The van der Waals surface area contributed by atoms with Crippen molar-refractivity contribution in [3.05, 3.63) is 101 Å². The standard InChI is InChI=1S/C23H17ClN2O2/c24-17-12-10-15(11-13-17)19-14-25-26-23(19)21(27)18-8-4-5-9-20(18)28-22(23)16-6-2-1-3-7-16/h1-13,19,22H,14H2/t19-,22-,23-/m0/s1. The van der Waals surface area contributed by atoms with E-state index in [1.54, 1.807) is 6.07 Å². The van der Waals surface area contributed by atoms with Crippen molar-refractivity contribution in [2.45, 2.75) is 17.6 Å². The van der Waals surface area contributed by atoms with Crippen LogP contribution in [0.5, 0.6) is 5.75 Å². The molecule has 0 radical (unpaired) electrons. The molecule has 0 saturated heterocycles. The van der Waals surface area contributed by atoms with Crippen molar-refractivity contribution >= 4 is 17.4 Å². The average Bonchev–Trinajstić information content (AvgIpc) is 3.17. The summed E-state index contributed by atoms with van der Waals surface area (Å²) in [5.74, 6) is 0.309. The smallest absolute Gasteiger partial charge is 0.200 e. The normalized spacial score (nSPS) is 25.5. The number of hydrogen-bond donors (Lipinski definition) is 0. The predicted octanol–water partition coefficient (Wildman–Crippen LogP) is 5.64. The zero-order chi connectivity index (χ0) is 19.1. The third-order valence-electron chi connectivity index (χ3n) is 5.55. The lowest BCUT2D eigenvalue weighted by atomic mass is 9.69. The molecule has 1 spiro atoms. The van der Waals surface area contributed by atoms with E-state index in [0.29, 0.717) is 22.9 Å². The molecule has 2 heterocycles. The summed E-state index contributed by atoms with van der Waals surface area (Å²) < 4.78 is 6.40. The number of azo groups is 1. The van der Waals surface area contributed by atoms with Crippen molar-refractivity contribution in [2.75, 3.05) is 6.54 Å². The van der Waals surface area contributed by atoms with Gasteiger partial charge in [0.1, 0.15) is 5.75 Å². The van der Waals surface area contributed by atoms with E-state index in [0.717, 1.165) is 11.1 Å². The van der Waals surface area contributed by atoms with E-state index in [-0.39, 0.29) is 11.7 Å². The van der Waals surface area contributed by atoms with E-state index >= 15 is 0 Å². The molecule has 3 aromatic rings. The fraction of sp³-hybridized carbons (Fsp3) is 0.174. The maximum atomic E-state index is 13.8. The van der Waals surface area contributed by atoms with Gasteiger partial charge in [0.25, 0.3) is 0 Å². The number of halogens is 1. The van der Waals surface area contributed by atoms with Crippen molar-refractivity contribution in [1.82, 2.24) is 0 Å². The molecule has 0 saturated carbocycles. The summed E-state index contributed by atoms with van der Waals surface area (Å²) in [6.07, 6.45) is -0.553. The van der Waals surface area contributed by atoms with E-state index in [9.17, 15) is 4.79 Å². The topological polar surface area (TPSA) is 51.0 Å². The highest BCUT2D eigenvalue weighted by molar-refractivity contribution is 6.30. The highest BCUT2D eigenvalue weighted by Gasteiger charge is 2.60. The highest BCUT2D eigenvalue weighted by Crippen LogP contribution is 2.52. The van der Waals surface area contributed by atoms with E-state index in [2.05, 4.69) is 10.2 Å². The van der Waals surface area contributed by atoms with E-state index in [4.69, 9.17) is 16.3 Å². The summed E-state index contributed by atoms with van der Waals surface area (Å²) in [6.45, 7) is 0.433. The van der Waals surface area contributed by atoms with Crippen LogP contribution < -0.4 is 4.74 Å².